The SMILES string of the molecule is CCOC1CC(NC2CCCc3sc(Cl)cc32)C1(C)C. The van der Waals surface area contributed by atoms with Crippen molar-refractivity contribution in [1.82, 2.24) is 5.32 Å². The quantitative estimate of drug-likeness (QED) is 0.879. The number of hydrogen-bond donors (Lipinski definition) is 1. The number of aryl methyl sites for hydroxylation is 1. The summed E-state index contributed by atoms with van der Waals surface area (Å²) in [5.74, 6) is 0. The van der Waals surface area contributed by atoms with E-state index in [1.54, 1.807) is 11.3 Å². The van der Waals surface area contributed by atoms with Crippen LogP contribution in [-0.2, 0) is 11.2 Å². The van der Waals surface area contributed by atoms with Crippen LogP contribution in [-0.4, -0.2) is 18.8 Å². The summed E-state index contributed by atoms with van der Waals surface area (Å²) in [6.45, 7) is 7.53. The molecule has 0 amide bonds. The topological polar surface area (TPSA) is 21.3 Å². The van der Waals surface area contributed by atoms with Crippen LogP contribution in [0.1, 0.15) is 56.5 Å². The lowest BCUT2D eigenvalue weighted by molar-refractivity contribution is -0.117. The molecule has 2 aliphatic carbocycles. The third-order valence-electron chi connectivity index (χ3n) is 5.03. The molecule has 1 aromatic heterocycles. The Balaban J connectivity index is 1.68. The Morgan fingerprint density at radius 3 is 3.00 bits per heavy atom. The first-order valence-electron chi connectivity index (χ1n) is 7.68. The molecule has 1 aromatic rings. The number of hydrogen-bond acceptors (Lipinski definition) is 3. The van der Waals surface area contributed by atoms with Crippen molar-refractivity contribution in [2.45, 2.75) is 64.6 Å². The average molecular weight is 314 g/mol. The molecular formula is C16H24ClNOS. The molecule has 20 heavy (non-hydrogen) atoms. The second-order valence-electron chi connectivity index (χ2n) is 6.59. The van der Waals surface area contributed by atoms with E-state index in [0.717, 1.165) is 17.4 Å². The molecule has 0 bridgehead atoms. The minimum atomic E-state index is 0.230. The Morgan fingerprint density at radius 1 is 1.50 bits per heavy atom. The predicted molar refractivity (Wildman–Crippen MR) is 85.7 cm³/mol. The van der Waals surface area contributed by atoms with Crippen LogP contribution in [0.5, 0.6) is 0 Å². The van der Waals surface area contributed by atoms with Crippen molar-refractivity contribution < 1.29 is 4.74 Å². The number of thiophene rings is 1. The molecule has 1 saturated carbocycles. The smallest absolute Gasteiger partial charge is 0.0934 e. The summed E-state index contributed by atoms with van der Waals surface area (Å²) >= 11 is 7.95. The molecular weight excluding hydrogens is 290 g/mol. The van der Waals surface area contributed by atoms with E-state index in [-0.39, 0.29) is 5.41 Å². The first kappa shape index (κ1) is 14.8. The Hall–Kier alpha value is -0.0900. The van der Waals surface area contributed by atoms with E-state index >= 15 is 0 Å². The summed E-state index contributed by atoms with van der Waals surface area (Å²) in [4.78, 5) is 1.48. The van der Waals surface area contributed by atoms with E-state index in [1.165, 1.54) is 29.7 Å². The Kier molecular flexibility index (Phi) is 4.15. The van der Waals surface area contributed by atoms with Crippen LogP contribution in [0, 0.1) is 5.41 Å². The molecule has 0 spiro atoms. The van der Waals surface area contributed by atoms with E-state index in [1.807, 2.05) is 0 Å². The molecule has 3 rings (SSSR count). The lowest BCUT2D eigenvalue weighted by Crippen LogP contribution is -2.61. The average Bonchev–Trinajstić information content (AvgIpc) is 2.78. The van der Waals surface area contributed by atoms with Gasteiger partial charge in [-0.3, -0.25) is 0 Å². The fourth-order valence-corrected chi connectivity index (χ4v) is 4.97. The van der Waals surface area contributed by atoms with Crippen LogP contribution in [0.25, 0.3) is 0 Å². The van der Waals surface area contributed by atoms with Crippen molar-refractivity contribution in [2.24, 2.45) is 5.41 Å². The predicted octanol–water partition coefficient (Wildman–Crippen LogP) is 4.57. The summed E-state index contributed by atoms with van der Waals surface area (Å²) in [7, 11) is 0. The van der Waals surface area contributed by atoms with Gasteiger partial charge in [-0.15, -0.1) is 11.3 Å². The van der Waals surface area contributed by atoms with Gasteiger partial charge in [0, 0.05) is 29.0 Å². The van der Waals surface area contributed by atoms with E-state index in [0.29, 0.717) is 18.2 Å². The maximum Gasteiger partial charge on any atom is 0.0934 e. The van der Waals surface area contributed by atoms with Gasteiger partial charge in [-0.1, -0.05) is 25.4 Å². The monoisotopic (exact) mass is 313 g/mol. The molecule has 2 nitrogen and oxygen atoms in total. The van der Waals surface area contributed by atoms with Crippen LogP contribution in [0.4, 0.5) is 0 Å². The van der Waals surface area contributed by atoms with Gasteiger partial charge in [0.25, 0.3) is 0 Å². The number of ether oxygens (including phenoxy) is 1. The number of rotatable bonds is 4. The van der Waals surface area contributed by atoms with Crippen molar-refractivity contribution in [3.63, 3.8) is 0 Å². The third kappa shape index (κ3) is 2.54. The highest BCUT2D eigenvalue weighted by Crippen LogP contribution is 2.45. The van der Waals surface area contributed by atoms with Crippen LogP contribution in [0.3, 0.4) is 0 Å². The molecule has 0 saturated heterocycles. The second kappa shape index (κ2) is 5.60. The molecule has 0 aliphatic heterocycles. The van der Waals surface area contributed by atoms with Gasteiger partial charge in [-0.2, -0.15) is 0 Å². The standard InChI is InChI=1S/C16H24ClNOS/c1-4-19-14-9-13(16(14,2)3)18-11-6-5-7-12-10(11)8-15(17)20-12/h8,11,13-14,18H,4-7,9H2,1-3H3. The third-order valence-corrected chi connectivity index (χ3v) is 6.37. The normalized spacial score (nSPS) is 31.7. The van der Waals surface area contributed by atoms with Crippen molar-refractivity contribution in [2.75, 3.05) is 6.61 Å². The van der Waals surface area contributed by atoms with Crippen molar-refractivity contribution in [3.8, 4) is 0 Å². The van der Waals surface area contributed by atoms with Crippen molar-refractivity contribution in [1.29, 1.82) is 0 Å². The Bertz CT molecular complexity index is 485. The second-order valence-corrected chi connectivity index (χ2v) is 8.36. The zero-order valence-electron chi connectivity index (χ0n) is 12.5. The molecule has 4 heteroatoms. The largest absolute Gasteiger partial charge is 0.378 e. The minimum absolute atomic E-state index is 0.230. The minimum Gasteiger partial charge on any atom is -0.378 e. The first-order valence-corrected chi connectivity index (χ1v) is 8.87. The molecule has 1 fully saturated rings. The molecule has 0 radical (unpaired) electrons. The van der Waals surface area contributed by atoms with Crippen LogP contribution < -0.4 is 5.32 Å². The van der Waals surface area contributed by atoms with E-state index in [2.05, 4.69) is 32.2 Å². The molecule has 1 N–H and O–H groups in total. The highest BCUT2D eigenvalue weighted by atomic mass is 35.5. The van der Waals surface area contributed by atoms with Gasteiger partial charge >= 0.3 is 0 Å². The highest BCUT2D eigenvalue weighted by Gasteiger charge is 2.49. The molecule has 3 atom stereocenters. The maximum atomic E-state index is 6.19. The first-order chi connectivity index (χ1) is 9.52. The maximum absolute atomic E-state index is 6.19. The Morgan fingerprint density at radius 2 is 2.30 bits per heavy atom. The Labute approximate surface area is 130 Å². The fraction of sp³-hybridized carbons (Fsp3) is 0.750. The number of nitrogens with one attached hydrogen (secondary N) is 1. The van der Waals surface area contributed by atoms with Gasteiger partial charge in [0.15, 0.2) is 0 Å². The molecule has 1 heterocycles. The molecule has 0 aromatic carbocycles. The molecule has 2 aliphatic rings. The van der Waals surface area contributed by atoms with E-state index in [9.17, 15) is 0 Å². The van der Waals surface area contributed by atoms with Crippen LogP contribution in [0.2, 0.25) is 4.34 Å². The highest BCUT2D eigenvalue weighted by molar-refractivity contribution is 7.16. The summed E-state index contributed by atoms with van der Waals surface area (Å²) in [6.07, 6.45) is 5.22. The van der Waals surface area contributed by atoms with Crippen molar-refractivity contribution in [3.05, 3.63) is 20.8 Å². The summed E-state index contributed by atoms with van der Waals surface area (Å²) in [5.41, 5.74) is 1.68. The molecule has 112 valence electrons. The zero-order valence-corrected chi connectivity index (χ0v) is 14.1. The van der Waals surface area contributed by atoms with E-state index < -0.39 is 0 Å². The summed E-state index contributed by atoms with van der Waals surface area (Å²) in [6, 6.07) is 3.20. The number of fused-ring (bicyclic) bond motifs is 1. The lowest BCUT2D eigenvalue weighted by atomic mass is 9.64. The van der Waals surface area contributed by atoms with Crippen LogP contribution >= 0.6 is 22.9 Å². The van der Waals surface area contributed by atoms with Gasteiger partial charge in [-0.05, 0) is 44.2 Å². The van der Waals surface area contributed by atoms with Gasteiger partial charge in [0.1, 0.15) is 0 Å². The van der Waals surface area contributed by atoms with Gasteiger partial charge in [0.05, 0.1) is 10.4 Å². The number of halogens is 1. The summed E-state index contributed by atoms with van der Waals surface area (Å²) < 4.78 is 6.76. The van der Waals surface area contributed by atoms with Crippen LogP contribution in [0.15, 0.2) is 6.07 Å². The van der Waals surface area contributed by atoms with Gasteiger partial charge in [0.2, 0.25) is 0 Å². The zero-order chi connectivity index (χ0) is 14.3. The van der Waals surface area contributed by atoms with Gasteiger partial charge < -0.3 is 10.1 Å². The van der Waals surface area contributed by atoms with Crippen molar-refractivity contribution >= 4 is 22.9 Å². The van der Waals surface area contributed by atoms with Gasteiger partial charge in [-0.25, -0.2) is 0 Å². The fourth-order valence-electron chi connectivity index (χ4n) is 3.59. The summed E-state index contributed by atoms with van der Waals surface area (Å²) in [5, 5.41) is 3.87. The molecule has 3 unspecified atom stereocenters. The lowest BCUT2D eigenvalue weighted by Gasteiger charge is -2.53. The van der Waals surface area contributed by atoms with E-state index in [4.69, 9.17) is 16.3 Å².